The molecule has 15 heavy (non-hydrogen) atoms. The van der Waals surface area contributed by atoms with Crippen LogP contribution < -0.4 is 0 Å². The van der Waals surface area contributed by atoms with E-state index in [1.807, 2.05) is 0 Å². The van der Waals surface area contributed by atoms with Gasteiger partial charge in [-0.2, -0.15) is 13.2 Å². The Kier molecular flexibility index (Phi) is 3.17. The second-order valence-electron chi connectivity index (χ2n) is 2.52. The van der Waals surface area contributed by atoms with Gasteiger partial charge in [-0.15, -0.1) is 0 Å². The summed E-state index contributed by atoms with van der Waals surface area (Å²) in [5.74, 6) is -1.20. The Balaban J connectivity index is 3.37. The van der Waals surface area contributed by atoms with Gasteiger partial charge in [0.15, 0.2) is 5.69 Å². The highest BCUT2D eigenvalue weighted by molar-refractivity contribution is 9.10. The second kappa shape index (κ2) is 3.92. The first-order chi connectivity index (χ1) is 6.73. The summed E-state index contributed by atoms with van der Waals surface area (Å²) < 4.78 is 60.4. The van der Waals surface area contributed by atoms with Crippen LogP contribution in [0, 0.1) is 0 Å². The van der Waals surface area contributed by atoms with Gasteiger partial charge < -0.3 is 5.11 Å². The summed E-state index contributed by atoms with van der Waals surface area (Å²) >= 11 is 2.58. The van der Waals surface area contributed by atoms with Crippen molar-refractivity contribution >= 4 is 15.9 Å². The Morgan fingerprint density at radius 3 is 2.27 bits per heavy atom. The lowest BCUT2D eigenvalue weighted by Crippen LogP contribution is -2.10. The van der Waals surface area contributed by atoms with E-state index in [1.54, 1.807) is 0 Å². The van der Waals surface area contributed by atoms with E-state index in [9.17, 15) is 22.0 Å². The van der Waals surface area contributed by atoms with E-state index in [1.165, 1.54) is 0 Å². The number of aromatic hydroxyl groups is 1. The van der Waals surface area contributed by atoms with Crippen LogP contribution in [0.15, 0.2) is 10.5 Å². The van der Waals surface area contributed by atoms with Gasteiger partial charge in [0, 0.05) is 4.47 Å². The minimum atomic E-state index is -4.96. The van der Waals surface area contributed by atoms with Crippen LogP contribution in [0.1, 0.15) is 17.8 Å². The highest BCUT2D eigenvalue weighted by atomic mass is 79.9. The molecule has 8 heteroatoms. The van der Waals surface area contributed by atoms with Crippen molar-refractivity contribution in [3.05, 3.63) is 21.9 Å². The van der Waals surface area contributed by atoms with Gasteiger partial charge in [-0.25, -0.2) is 13.8 Å². The summed E-state index contributed by atoms with van der Waals surface area (Å²) in [7, 11) is 0. The van der Waals surface area contributed by atoms with E-state index in [-0.39, 0.29) is 4.47 Å². The number of rotatable bonds is 1. The third kappa shape index (κ3) is 2.55. The van der Waals surface area contributed by atoms with Crippen LogP contribution in [0.5, 0.6) is 5.75 Å². The van der Waals surface area contributed by atoms with Gasteiger partial charge >= 0.3 is 6.18 Å². The molecule has 0 aliphatic rings. The van der Waals surface area contributed by atoms with Crippen molar-refractivity contribution < 1.29 is 27.1 Å². The van der Waals surface area contributed by atoms with E-state index < -0.39 is 29.7 Å². The molecule has 0 spiro atoms. The van der Waals surface area contributed by atoms with Crippen molar-refractivity contribution in [2.24, 2.45) is 0 Å². The van der Waals surface area contributed by atoms with E-state index in [4.69, 9.17) is 5.11 Å². The largest absolute Gasteiger partial charge is 0.506 e. The summed E-state index contributed by atoms with van der Waals surface area (Å²) in [6.07, 6.45) is -8.12. The number of pyridine rings is 1. The van der Waals surface area contributed by atoms with Crippen LogP contribution in [0.4, 0.5) is 22.0 Å². The van der Waals surface area contributed by atoms with E-state index in [0.29, 0.717) is 6.07 Å². The first kappa shape index (κ1) is 12.2. The van der Waals surface area contributed by atoms with Crippen LogP contribution in [0.25, 0.3) is 0 Å². The average Bonchev–Trinajstić information content (AvgIpc) is 2.00. The zero-order chi connectivity index (χ0) is 11.8. The summed E-state index contributed by atoms with van der Waals surface area (Å²) in [5.41, 5.74) is -2.78. The molecule has 0 aromatic carbocycles. The highest BCUT2D eigenvalue weighted by Gasteiger charge is 2.37. The van der Waals surface area contributed by atoms with E-state index in [2.05, 4.69) is 20.9 Å². The van der Waals surface area contributed by atoms with E-state index >= 15 is 0 Å². The molecule has 1 aromatic rings. The fraction of sp³-hybridized carbons (Fsp3) is 0.286. The summed E-state index contributed by atoms with van der Waals surface area (Å²) in [4.78, 5) is 2.67. The molecule has 0 fully saturated rings. The molecule has 1 rings (SSSR count). The van der Waals surface area contributed by atoms with Crippen molar-refractivity contribution in [3.8, 4) is 5.75 Å². The van der Waals surface area contributed by atoms with Crippen LogP contribution in [0.3, 0.4) is 0 Å². The maximum Gasteiger partial charge on any atom is 0.437 e. The smallest absolute Gasteiger partial charge is 0.437 e. The first-order valence-corrected chi connectivity index (χ1v) is 4.27. The van der Waals surface area contributed by atoms with Gasteiger partial charge in [-0.3, -0.25) is 0 Å². The zero-order valence-corrected chi connectivity index (χ0v) is 8.40. The van der Waals surface area contributed by atoms with Crippen molar-refractivity contribution in [2.75, 3.05) is 0 Å². The van der Waals surface area contributed by atoms with Crippen molar-refractivity contribution in [3.63, 3.8) is 0 Å². The lowest BCUT2D eigenvalue weighted by Gasteiger charge is -2.10. The van der Waals surface area contributed by atoms with Crippen molar-refractivity contribution in [2.45, 2.75) is 12.6 Å². The van der Waals surface area contributed by atoms with Gasteiger partial charge in [0.05, 0.1) is 0 Å². The first-order valence-electron chi connectivity index (χ1n) is 3.48. The molecule has 0 atom stereocenters. The quantitative estimate of drug-likeness (QED) is 0.803. The van der Waals surface area contributed by atoms with Gasteiger partial charge in [0.25, 0.3) is 6.43 Å². The van der Waals surface area contributed by atoms with Gasteiger partial charge in [-0.05, 0) is 22.0 Å². The normalized spacial score (nSPS) is 12.2. The number of hydrogen-bond donors (Lipinski definition) is 1. The Bertz CT molecular complexity index is 378. The Labute approximate surface area is 88.9 Å². The number of aromatic nitrogens is 1. The molecule has 0 aliphatic heterocycles. The second-order valence-corrected chi connectivity index (χ2v) is 3.38. The van der Waals surface area contributed by atoms with Crippen LogP contribution in [-0.2, 0) is 6.18 Å². The molecule has 0 saturated carbocycles. The fourth-order valence-electron chi connectivity index (χ4n) is 0.855. The lowest BCUT2D eigenvalue weighted by atomic mass is 10.2. The molecular weight excluding hydrogens is 289 g/mol. The molecule has 0 aliphatic carbocycles. The minimum Gasteiger partial charge on any atom is -0.506 e. The fourth-order valence-corrected chi connectivity index (χ4v) is 1.33. The molecule has 1 N–H and O–H groups in total. The molecule has 0 amide bonds. The average molecular weight is 292 g/mol. The highest BCUT2D eigenvalue weighted by Crippen LogP contribution is 2.38. The SMILES string of the molecule is Oc1cc(Br)c(C(F)F)nc1C(F)(F)F. The maximum atomic E-state index is 12.2. The molecule has 0 saturated heterocycles. The van der Waals surface area contributed by atoms with Gasteiger partial charge in [0.2, 0.25) is 0 Å². The zero-order valence-electron chi connectivity index (χ0n) is 6.82. The number of alkyl halides is 5. The summed E-state index contributed by atoms with van der Waals surface area (Å²) in [5, 5.41) is 8.88. The summed E-state index contributed by atoms with van der Waals surface area (Å²) in [6.45, 7) is 0. The topological polar surface area (TPSA) is 33.1 Å². The minimum absolute atomic E-state index is 0.372. The maximum absolute atomic E-state index is 12.2. The molecule has 0 radical (unpaired) electrons. The molecule has 1 heterocycles. The molecular formula is C7H3BrF5NO. The van der Waals surface area contributed by atoms with Crippen molar-refractivity contribution in [1.29, 1.82) is 0 Å². The predicted octanol–water partition coefficient (Wildman–Crippen LogP) is 3.51. The molecule has 84 valence electrons. The van der Waals surface area contributed by atoms with Crippen LogP contribution in [0.2, 0.25) is 0 Å². The van der Waals surface area contributed by atoms with Crippen molar-refractivity contribution in [1.82, 2.24) is 4.98 Å². The number of halogens is 6. The number of hydrogen-bond acceptors (Lipinski definition) is 2. The summed E-state index contributed by atoms with van der Waals surface area (Å²) in [6, 6.07) is 0.539. The molecule has 2 nitrogen and oxygen atoms in total. The monoisotopic (exact) mass is 291 g/mol. The third-order valence-electron chi connectivity index (χ3n) is 1.46. The molecule has 0 bridgehead atoms. The van der Waals surface area contributed by atoms with Gasteiger partial charge in [-0.1, -0.05) is 0 Å². The van der Waals surface area contributed by atoms with Crippen LogP contribution in [-0.4, -0.2) is 10.1 Å². The Morgan fingerprint density at radius 2 is 1.87 bits per heavy atom. The Morgan fingerprint density at radius 1 is 1.33 bits per heavy atom. The van der Waals surface area contributed by atoms with Crippen LogP contribution >= 0.6 is 15.9 Å². The van der Waals surface area contributed by atoms with E-state index in [0.717, 1.165) is 0 Å². The van der Waals surface area contributed by atoms with Gasteiger partial charge in [0.1, 0.15) is 11.4 Å². The predicted molar refractivity (Wildman–Crippen MR) is 43.6 cm³/mol. The molecule has 0 unspecified atom stereocenters. The standard InChI is InChI=1S/C7H3BrF5NO/c8-2-1-3(15)5(7(11,12)13)14-4(2)6(9)10/h1,6,15H. The Hall–Kier alpha value is -0.920. The number of nitrogens with zero attached hydrogens (tertiary/aromatic N) is 1. The molecule has 1 aromatic heterocycles. The lowest BCUT2D eigenvalue weighted by molar-refractivity contribution is -0.142. The third-order valence-corrected chi connectivity index (χ3v) is 2.09.